The maximum absolute atomic E-state index is 13.3. The number of nitrogens with one attached hydrogen (secondary N) is 1. The van der Waals surface area contributed by atoms with Gasteiger partial charge in [-0.1, -0.05) is 30.3 Å². The lowest BCUT2D eigenvalue weighted by Crippen LogP contribution is -2.54. The molecule has 1 unspecified atom stereocenters. The van der Waals surface area contributed by atoms with E-state index in [0.717, 1.165) is 48.1 Å². The molecule has 222 valence electrons. The van der Waals surface area contributed by atoms with Crippen LogP contribution in [0.2, 0.25) is 0 Å². The van der Waals surface area contributed by atoms with Gasteiger partial charge in [0, 0.05) is 39.1 Å². The number of piperidine rings is 1. The molecule has 1 atom stereocenters. The summed E-state index contributed by atoms with van der Waals surface area (Å²) in [7, 11) is 3.33. The number of hydrogen-bond donors (Lipinski definition) is 1. The second-order valence-electron chi connectivity index (χ2n) is 11.1. The van der Waals surface area contributed by atoms with E-state index >= 15 is 0 Å². The monoisotopic (exact) mass is 582 g/mol. The van der Waals surface area contributed by atoms with Gasteiger partial charge >= 0.3 is 0 Å². The highest BCUT2D eigenvalue weighted by atomic mass is 16.5. The first-order valence-electron chi connectivity index (χ1n) is 14.4. The molecule has 4 amide bonds. The molecular formula is C33H34N4O6. The fourth-order valence-corrected chi connectivity index (χ4v) is 6.24. The summed E-state index contributed by atoms with van der Waals surface area (Å²) in [5.41, 5.74) is 3.90. The molecular weight excluding hydrogens is 548 g/mol. The van der Waals surface area contributed by atoms with Gasteiger partial charge in [-0.25, -0.2) is 0 Å². The van der Waals surface area contributed by atoms with Crippen LogP contribution in [0.1, 0.15) is 56.3 Å². The van der Waals surface area contributed by atoms with Gasteiger partial charge in [-0.15, -0.1) is 0 Å². The van der Waals surface area contributed by atoms with E-state index in [1.165, 1.54) is 11.1 Å². The third-order valence-corrected chi connectivity index (χ3v) is 8.55. The lowest BCUT2D eigenvalue weighted by Gasteiger charge is -2.40. The average molecular weight is 583 g/mol. The van der Waals surface area contributed by atoms with E-state index in [4.69, 9.17) is 9.47 Å². The standard InChI is InChI=1S/C33H34N4O6/c1-42-24-8-4-22(5-9-24)30(23-6-10-25(43-2)11-7-23)36-17-15-35(16-18-36)20-21-3-12-26-27(19-21)33(41)37(32(26)40)28-13-14-29(38)34-31(28)39/h3-12,19,28,30H,13-18,20H2,1-2H3,(H,34,38,39). The highest BCUT2D eigenvalue weighted by Gasteiger charge is 2.44. The summed E-state index contributed by atoms with van der Waals surface area (Å²) in [6.07, 6.45) is 0.236. The summed E-state index contributed by atoms with van der Waals surface area (Å²) in [5, 5.41) is 2.24. The molecule has 0 bridgehead atoms. The largest absolute Gasteiger partial charge is 0.497 e. The van der Waals surface area contributed by atoms with Crippen LogP contribution in [0.25, 0.3) is 0 Å². The summed E-state index contributed by atoms with van der Waals surface area (Å²) >= 11 is 0. The number of fused-ring (bicyclic) bond motifs is 1. The Labute approximate surface area is 250 Å². The lowest BCUT2D eigenvalue weighted by atomic mass is 9.96. The molecule has 6 rings (SSSR count). The third-order valence-electron chi connectivity index (χ3n) is 8.55. The van der Waals surface area contributed by atoms with Gasteiger partial charge < -0.3 is 9.47 Å². The fourth-order valence-electron chi connectivity index (χ4n) is 6.24. The van der Waals surface area contributed by atoms with Crippen LogP contribution < -0.4 is 14.8 Å². The Hall–Kier alpha value is -4.54. The number of carbonyl (C=O) groups excluding carboxylic acids is 4. The minimum Gasteiger partial charge on any atom is -0.497 e. The summed E-state index contributed by atoms with van der Waals surface area (Å²) in [6, 6.07) is 20.8. The second-order valence-corrected chi connectivity index (χ2v) is 11.1. The van der Waals surface area contributed by atoms with E-state index in [1.54, 1.807) is 26.4 Å². The van der Waals surface area contributed by atoms with Crippen LogP contribution in [0.15, 0.2) is 66.7 Å². The Morgan fingerprint density at radius 1 is 0.767 bits per heavy atom. The SMILES string of the molecule is COc1ccc(C(c2ccc(OC)cc2)N2CCN(Cc3ccc4c(c3)C(=O)N(C3CCC(=O)NC3=O)C4=O)CC2)cc1. The molecule has 0 saturated carbocycles. The Bertz CT molecular complexity index is 1500. The fraction of sp³-hybridized carbons (Fsp3) is 0.333. The Kier molecular flexibility index (Phi) is 7.96. The molecule has 1 N–H and O–H groups in total. The summed E-state index contributed by atoms with van der Waals surface area (Å²) in [4.78, 5) is 56.1. The number of benzene rings is 3. The van der Waals surface area contributed by atoms with Crippen molar-refractivity contribution in [1.82, 2.24) is 20.0 Å². The number of nitrogens with zero attached hydrogens (tertiary/aromatic N) is 3. The third kappa shape index (κ3) is 5.63. The van der Waals surface area contributed by atoms with Crippen LogP contribution in [-0.4, -0.2) is 84.8 Å². The zero-order chi connectivity index (χ0) is 30.1. The van der Waals surface area contributed by atoms with Gasteiger partial charge in [0.1, 0.15) is 17.5 Å². The highest BCUT2D eigenvalue weighted by molar-refractivity contribution is 6.23. The van der Waals surface area contributed by atoms with Gasteiger partial charge in [-0.2, -0.15) is 0 Å². The van der Waals surface area contributed by atoms with E-state index < -0.39 is 23.8 Å². The molecule has 3 aromatic carbocycles. The second kappa shape index (κ2) is 12.0. The van der Waals surface area contributed by atoms with Crippen molar-refractivity contribution in [2.45, 2.75) is 31.5 Å². The van der Waals surface area contributed by atoms with Crippen molar-refractivity contribution in [1.29, 1.82) is 0 Å². The minimum absolute atomic E-state index is 0.0702. The predicted molar refractivity (Wildman–Crippen MR) is 158 cm³/mol. The van der Waals surface area contributed by atoms with Crippen molar-refractivity contribution < 1.29 is 28.7 Å². The normalized spacial score (nSPS) is 19.5. The van der Waals surface area contributed by atoms with Crippen LogP contribution in [-0.2, 0) is 16.1 Å². The molecule has 43 heavy (non-hydrogen) atoms. The first-order chi connectivity index (χ1) is 20.9. The average Bonchev–Trinajstić information content (AvgIpc) is 3.27. The number of piperazine rings is 1. The molecule has 0 radical (unpaired) electrons. The predicted octanol–water partition coefficient (Wildman–Crippen LogP) is 3.01. The van der Waals surface area contributed by atoms with Gasteiger partial charge in [0.05, 0.1) is 31.4 Å². The highest BCUT2D eigenvalue weighted by Crippen LogP contribution is 2.33. The Balaban J connectivity index is 1.14. The maximum Gasteiger partial charge on any atom is 0.262 e. The number of carbonyl (C=O) groups is 4. The number of hydrogen-bond acceptors (Lipinski definition) is 8. The first kappa shape index (κ1) is 28.6. The van der Waals surface area contributed by atoms with Gasteiger partial charge in [0.15, 0.2) is 0 Å². The van der Waals surface area contributed by atoms with Crippen molar-refractivity contribution in [2.24, 2.45) is 0 Å². The van der Waals surface area contributed by atoms with Gasteiger partial charge in [-0.3, -0.25) is 39.2 Å². The number of ether oxygens (including phenoxy) is 2. The van der Waals surface area contributed by atoms with Crippen molar-refractivity contribution >= 4 is 23.6 Å². The first-order valence-corrected chi connectivity index (χ1v) is 14.4. The summed E-state index contributed by atoms with van der Waals surface area (Å²) in [5.74, 6) is -0.333. The minimum atomic E-state index is -0.967. The molecule has 10 nitrogen and oxygen atoms in total. The zero-order valence-electron chi connectivity index (χ0n) is 24.2. The van der Waals surface area contributed by atoms with E-state index in [9.17, 15) is 19.2 Å². The van der Waals surface area contributed by atoms with Crippen LogP contribution in [0.4, 0.5) is 0 Å². The molecule has 2 saturated heterocycles. The number of methoxy groups -OCH3 is 2. The summed E-state index contributed by atoms with van der Waals surface area (Å²) < 4.78 is 10.8. The number of imide groups is 2. The van der Waals surface area contributed by atoms with E-state index in [2.05, 4.69) is 39.4 Å². The Morgan fingerprint density at radius 3 is 1.91 bits per heavy atom. The van der Waals surface area contributed by atoms with Crippen LogP contribution in [0.3, 0.4) is 0 Å². The van der Waals surface area contributed by atoms with Crippen molar-refractivity contribution in [3.05, 3.63) is 94.5 Å². The zero-order valence-corrected chi connectivity index (χ0v) is 24.2. The topological polar surface area (TPSA) is 108 Å². The molecule has 0 spiro atoms. The van der Waals surface area contributed by atoms with Crippen molar-refractivity contribution in [3.63, 3.8) is 0 Å². The van der Waals surface area contributed by atoms with Crippen LogP contribution >= 0.6 is 0 Å². The Morgan fingerprint density at radius 2 is 1.35 bits per heavy atom. The van der Waals surface area contributed by atoms with Gasteiger partial charge in [0.2, 0.25) is 11.8 Å². The van der Waals surface area contributed by atoms with Crippen LogP contribution in [0, 0.1) is 0 Å². The van der Waals surface area contributed by atoms with E-state index in [0.29, 0.717) is 17.7 Å². The van der Waals surface area contributed by atoms with E-state index in [1.807, 2.05) is 30.3 Å². The maximum atomic E-state index is 13.3. The number of rotatable bonds is 8. The van der Waals surface area contributed by atoms with Crippen molar-refractivity contribution in [3.8, 4) is 11.5 Å². The molecule has 3 heterocycles. The molecule has 3 aliphatic heterocycles. The summed E-state index contributed by atoms with van der Waals surface area (Å²) in [6.45, 7) is 3.98. The quantitative estimate of drug-likeness (QED) is 0.404. The van der Waals surface area contributed by atoms with E-state index in [-0.39, 0.29) is 24.8 Å². The lowest BCUT2D eigenvalue weighted by molar-refractivity contribution is -0.136. The molecule has 0 aliphatic carbocycles. The van der Waals surface area contributed by atoms with Crippen LogP contribution in [0.5, 0.6) is 11.5 Å². The van der Waals surface area contributed by atoms with Gasteiger partial charge in [-0.05, 0) is 59.5 Å². The molecule has 10 heteroatoms. The number of amides is 4. The molecule has 2 fully saturated rings. The molecule has 3 aliphatic rings. The molecule has 3 aromatic rings. The molecule has 0 aromatic heterocycles. The van der Waals surface area contributed by atoms with Crippen molar-refractivity contribution in [2.75, 3.05) is 40.4 Å². The van der Waals surface area contributed by atoms with Gasteiger partial charge in [0.25, 0.3) is 11.8 Å². The smallest absolute Gasteiger partial charge is 0.262 e.